The van der Waals surface area contributed by atoms with Gasteiger partial charge in [-0.15, -0.1) is 0 Å². The van der Waals surface area contributed by atoms with Gasteiger partial charge in [0, 0.05) is 19.1 Å². The third kappa shape index (κ3) is 3.75. The van der Waals surface area contributed by atoms with Crippen LogP contribution in [0.5, 0.6) is 0 Å². The zero-order chi connectivity index (χ0) is 15.5. The number of benzene rings is 1. The molecular weight excluding hydrogens is 281 g/mol. The van der Waals surface area contributed by atoms with Crippen molar-refractivity contribution in [2.24, 2.45) is 5.73 Å². The number of carbonyl (C=O) groups excluding carboxylic acids is 1. The fourth-order valence-corrected chi connectivity index (χ4v) is 2.79. The van der Waals surface area contributed by atoms with Crippen molar-refractivity contribution < 1.29 is 18.0 Å². The van der Waals surface area contributed by atoms with Gasteiger partial charge in [-0.1, -0.05) is 18.2 Å². The molecule has 2 N–H and O–H groups in total. The van der Waals surface area contributed by atoms with Crippen LogP contribution in [0.3, 0.4) is 0 Å². The number of nitrogens with zero attached hydrogens (tertiary/aromatic N) is 1. The van der Waals surface area contributed by atoms with E-state index in [9.17, 15) is 18.0 Å². The quantitative estimate of drug-likeness (QED) is 0.932. The Morgan fingerprint density at radius 2 is 2.00 bits per heavy atom. The van der Waals surface area contributed by atoms with Crippen LogP contribution in [-0.4, -0.2) is 29.9 Å². The second kappa shape index (κ2) is 6.47. The third-order valence-electron chi connectivity index (χ3n) is 3.88. The molecule has 0 unspecified atom stereocenters. The molecule has 1 aliphatic rings. The molecule has 0 bridgehead atoms. The van der Waals surface area contributed by atoms with Crippen molar-refractivity contribution in [3.63, 3.8) is 0 Å². The Labute approximate surface area is 121 Å². The molecule has 116 valence electrons. The normalized spacial score (nSPS) is 19.6. The van der Waals surface area contributed by atoms with E-state index in [0.29, 0.717) is 13.1 Å². The standard InChI is InChI=1S/C15H19F3N2O/c16-15(17,18)13-7-2-1-5-11(13)9-14(21)20-8-4-3-6-12(20)10-19/h1-2,5,7,12H,3-4,6,8-10,19H2/t12-/m0/s1. The van der Waals surface area contributed by atoms with Crippen LogP contribution in [0.15, 0.2) is 24.3 Å². The molecule has 1 fully saturated rings. The van der Waals surface area contributed by atoms with Gasteiger partial charge in [0.15, 0.2) is 0 Å². The van der Waals surface area contributed by atoms with Crippen molar-refractivity contribution in [2.75, 3.05) is 13.1 Å². The molecule has 0 radical (unpaired) electrons. The molecule has 1 aliphatic heterocycles. The van der Waals surface area contributed by atoms with Crippen LogP contribution in [0.25, 0.3) is 0 Å². The first-order valence-electron chi connectivity index (χ1n) is 7.08. The maximum Gasteiger partial charge on any atom is 0.416 e. The minimum Gasteiger partial charge on any atom is -0.338 e. The van der Waals surface area contributed by atoms with Crippen molar-refractivity contribution in [1.82, 2.24) is 4.90 Å². The molecule has 3 nitrogen and oxygen atoms in total. The molecule has 1 atom stereocenters. The summed E-state index contributed by atoms with van der Waals surface area (Å²) in [5, 5.41) is 0. The number of hydrogen-bond acceptors (Lipinski definition) is 2. The summed E-state index contributed by atoms with van der Waals surface area (Å²) in [5.41, 5.74) is 4.94. The molecule has 6 heteroatoms. The summed E-state index contributed by atoms with van der Waals surface area (Å²) in [7, 11) is 0. The van der Waals surface area contributed by atoms with Crippen LogP contribution < -0.4 is 5.73 Å². The smallest absolute Gasteiger partial charge is 0.338 e. The summed E-state index contributed by atoms with van der Waals surface area (Å²) in [6.07, 6.45) is -1.96. The van der Waals surface area contributed by atoms with Gasteiger partial charge in [-0.25, -0.2) is 0 Å². The molecule has 0 saturated carbocycles. The van der Waals surface area contributed by atoms with E-state index in [1.54, 1.807) is 4.90 Å². The lowest BCUT2D eigenvalue weighted by Crippen LogP contribution is -2.48. The number of rotatable bonds is 3. The average molecular weight is 300 g/mol. The summed E-state index contributed by atoms with van der Waals surface area (Å²) in [6.45, 7) is 0.932. The predicted octanol–water partition coefficient (Wildman–Crippen LogP) is 2.59. The second-order valence-corrected chi connectivity index (χ2v) is 5.30. The highest BCUT2D eigenvalue weighted by atomic mass is 19.4. The predicted molar refractivity (Wildman–Crippen MR) is 73.6 cm³/mol. The molecule has 1 heterocycles. The monoisotopic (exact) mass is 300 g/mol. The minimum atomic E-state index is -4.44. The summed E-state index contributed by atoms with van der Waals surface area (Å²) in [4.78, 5) is 14.0. The van der Waals surface area contributed by atoms with E-state index in [2.05, 4.69) is 0 Å². The first-order valence-corrected chi connectivity index (χ1v) is 7.08. The maximum atomic E-state index is 12.9. The molecule has 1 saturated heterocycles. The maximum absolute atomic E-state index is 12.9. The SMILES string of the molecule is NC[C@@H]1CCCCN1C(=O)Cc1ccccc1C(F)(F)F. The molecule has 21 heavy (non-hydrogen) atoms. The lowest BCUT2D eigenvalue weighted by atomic mass is 9.99. The van der Waals surface area contributed by atoms with Crippen LogP contribution in [0.4, 0.5) is 13.2 Å². The number of likely N-dealkylation sites (tertiary alicyclic amines) is 1. The number of carbonyl (C=O) groups is 1. The van der Waals surface area contributed by atoms with Gasteiger partial charge in [0.1, 0.15) is 0 Å². The number of alkyl halides is 3. The highest BCUT2D eigenvalue weighted by molar-refractivity contribution is 5.79. The molecule has 1 aromatic rings. The first kappa shape index (κ1) is 15.8. The highest BCUT2D eigenvalue weighted by Crippen LogP contribution is 2.32. The van der Waals surface area contributed by atoms with E-state index < -0.39 is 11.7 Å². The van der Waals surface area contributed by atoms with E-state index in [0.717, 1.165) is 25.3 Å². The van der Waals surface area contributed by atoms with Gasteiger partial charge in [-0.05, 0) is 30.9 Å². The van der Waals surface area contributed by atoms with Gasteiger partial charge in [-0.3, -0.25) is 4.79 Å². The zero-order valence-electron chi connectivity index (χ0n) is 11.7. The van der Waals surface area contributed by atoms with E-state index in [1.165, 1.54) is 18.2 Å². The Kier molecular flexibility index (Phi) is 4.88. The summed E-state index contributed by atoms with van der Waals surface area (Å²) >= 11 is 0. The Hall–Kier alpha value is -1.56. The number of piperidine rings is 1. The molecule has 2 rings (SSSR count). The molecular formula is C15H19F3N2O. The summed E-state index contributed by atoms with van der Waals surface area (Å²) in [6, 6.07) is 5.18. The van der Waals surface area contributed by atoms with Crippen molar-refractivity contribution in [3.8, 4) is 0 Å². The van der Waals surface area contributed by atoms with Crippen molar-refractivity contribution in [1.29, 1.82) is 0 Å². The average Bonchev–Trinajstić information content (AvgIpc) is 2.46. The van der Waals surface area contributed by atoms with Crippen LogP contribution in [0.1, 0.15) is 30.4 Å². The van der Waals surface area contributed by atoms with Gasteiger partial charge in [0.2, 0.25) is 5.91 Å². The lowest BCUT2D eigenvalue weighted by Gasteiger charge is -2.35. The Morgan fingerprint density at radius 3 is 2.67 bits per heavy atom. The molecule has 0 aromatic heterocycles. The van der Waals surface area contributed by atoms with Gasteiger partial charge in [-0.2, -0.15) is 13.2 Å². The highest BCUT2D eigenvalue weighted by Gasteiger charge is 2.34. The molecule has 1 aromatic carbocycles. The fraction of sp³-hybridized carbons (Fsp3) is 0.533. The fourth-order valence-electron chi connectivity index (χ4n) is 2.79. The second-order valence-electron chi connectivity index (χ2n) is 5.30. The summed E-state index contributed by atoms with van der Waals surface area (Å²) in [5.74, 6) is -0.276. The van der Waals surface area contributed by atoms with Crippen LogP contribution in [0.2, 0.25) is 0 Å². The lowest BCUT2D eigenvalue weighted by molar-refractivity contribution is -0.139. The summed E-state index contributed by atoms with van der Waals surface area (Å²) < 4.78 is 38.8. The topological polar surface area (TPSA) is 46.3 Å². The van der Waals surface area contributed by atoms with Crippen LogP contribution in [0, 0.1) is 0 Å². The Balaban J connectivity index is 2.16. The largest absolute Gasteiger partial charge is 0.416 e. The molecule has 1 amide bonds. The van der Waals surface area contributed by atoms with Gasteiger partial charge in [0.05, 0.1) is 12.0 Å². The number of hydrogen-bond donors (Lipinski definition) is 1. The Bertz CT molecular complexity index is 502. The van der Waals surface area contributed by atoms with Gasteiger partial charge >= 0.3 is 6.18 Å². The van der Waals surface area contributed by atoms with Gasteiger partial charge < -0.3 is 10.6 Å². The minimum absolute atomic E-state index is 0.0244. The van der Waals surface area contributed by atoms with E-state index in [-0.39, 0.29) is 23.9 Å². The number of nitrogens with two attached hydrogens (primary N) is 1. The first-order chi connectivity index (χ1) is 9.93. The zero-order valence-corrected chi connectivity index (χ0v) is 11.7. The van der Waals surface area contributed by atoms with Crippen LogP contribution >= 0.6 is 0 Å². The van der Waals surface area contributed by atoms with Gasteiger partial charge in [0.25, 0.3) is 0 Å². The van der Waals surface area contributed by atoms with Crippen molar-refractivity contribution in [3.05, 3.63) is 35.4 Å². The molecule has 0 aliphatic carbocycles. The third-order valence-corrected chi connectivity index (χ3v) is 3.88. The van der Waals surface area contributed by atoms with Crippen molar-refractivity contribution in [2.45, 2.75) is 37.9 Å². The number of halogens is 3. The van der Waals surface area contributed by atoms with Crippen LogP contribution in [-0.2, 0) is 17.4 Å². The van der Waals surface area contributed by atoms with E-state index in [1.807, 2.05) is 0 Å². The van der Waals surface area contributed by atoms with E-state index >= 15 is 0 Å². The van der Waals surface area contributed by atoms with E-state index in [4.69, 9.17) is 5.73 Å². The Morgan fingerprint density at radius 1 is 1.29 bits per heavy atom. The number of amides is 1. The molecule has 0 spiro atoms. The van der Waals surface area contributed by atoms with Crippen molar-refractivity contribution >= 4 is 5.91 Å².